The molecule has 116 valence electrons. The smallest absolute Gasteiger partial charge is 0.309 e. The van der Waals surface area contributed by atoms with E-state index in [1.54, 1.807) is 0 Å². The first-order valence-corrected chi connectivity index (χ1v) is 6.78. The quantitative estimate of drug-likeness (QED) is 0.339. The summed E-state index contributed by atoms with van der Waals surface area (Å²) < 4.78 is 10.2. The predicted octanol–water partition coefficient (Wildman–Crippen LogP) is -2.44. The van der Waals surface area contributed by atoms with E-state index in [0.717, 1.165) is 13.1 Å². The van der Waals surface area contributed by atoms with Gasteiger partial charge in [0.2, 0.25) is 0 Å². The van der Waals surface area contributed by atoms with E-state index < -0.39 is 11.8 Å². The van der Waals surface area contributed by atoms with Gasteiger partial charge in [0.1, 0.15) is 0 Å². The number of carbonyl (C=O) groups is 2. The first kappa shape index (κ1) is 16.8. The highest BCUT2D eigenvalue weighted by Gasteiger charge is 2.14. The van der Waals surface area contributed by atoms with Crippen molar-refractivity contribution in [1.82, 2.24) is 15.5 Å². The van der Waals surface area contributed by atoms with Crippen LogP contribution in [0.1, 0.15) is 0 Å². The van der Waals surface area contributed by atoms with Gasteiger partial charge in [-0.25, -0.2) is 0 Å². The third kappa shape index (κ3) is 7.39. The molecule has 0 atom stereocenters. The van der Waals surface area contributed by atoms with Crippen LogP contribution in [0.2, 0.25) is 0 Å². The van der Waals surface area contributed by atoms with Crippen molar-refractivity contribution < 1.29 is 24.2 Å². The van der Waals surface area contributed by atoms with Gasteiger partial charge in [-0.05, 0) is 0 Å². The molecular formula is C12H23N3O5. The number of ether oxygens (including phenoxy) is 2. The maximum atomic E-state index is 11.5. The van der Waals surface area contributed by atoms with E-state index in [-0.39, 0.29) is 26.4 Å². The van der Waals surface area contributed by atoms with Crippen LogP contribution in [-0.4, -0.2) is 87.6 Å². The van der Waals surface area contributed by atoms with Gasteiger partial charge in [-0.2, -0.15) is 0 Å². The molecule has 0 aromatic rings. The van der Waals surface area contributed by atoms with Gasteiger partial charge in [-0.15, -0.1) is 0 Å². The van der Waals surface area contributed by atoms with Crippen LogP contribution in [0.5, 0.6) is 0 Å². The van der Waals surface area contributed by atoms with E-state index in [0.29, 0.717) is 26.3 Å². The second-order valence-electron chi connectivity index (χ2n) is 4.30. The maximum Gasteiger partial charge on any atom is 0.309 e. The van der Waals surface area contributed by atoms with Crippen molar-refractivity contribution in [2.45, 2.75) is 0 Å². The fraction of sp³-hybridized carbons (Fsp3) is 0.833. The van der Waals surface area contributed by atoms with Crippen molar-refractivity contribution >= 4 is 11.8 Å². The Kier molecular flexibility index (Phi) is 8.88. The lowest BCUT2D eigenvalue weighted by Gasteiger charge is -2.26. The number of aliphatic hydroxyl groups excluding tert-OH is 1. The average Bonchev–Trinajstić information content (AvgIpc) is 2.47. The molecule has 1 fully saturated rings. The molecule has 0 aromatic carbocycles. The van der Waals surface area contributed by atoms with E-state index >= 15 is 0 Å². The number of aliphatic hydroxyl groups is 1. The van der Waals surface area contributed by atoms with Crippen LogP contribution in [0.25, 0.3) is 0 Å². The summed E-state index contributed by atoms with van der Waals surface area (Å²) in [6.45, 7) is 4.95. The molecule has 1 aliphatic rings. The van der Waals surface area contributed by atoms with E-state index in [4.69, 9.17) is 14.6 Å². The van der Waals surface area contributed by atoms with Crippen LogP contribution in [0.15, 0.2) is 0 Å². The SMILES string of the molecule is O=C(NCCOCCO)C(=O)NCCN1CCOCC1. The van der Waals surface area contributed by atoms with E-state index in [9.17, 15) is 9.59 Å². The molecule has 8 heteroatoms. The van der Waals surface area contributed by atoms with E-state index in [1.807, 2.05) is 0 Å². The summed E-state index contributed by atoms with van der Waals surface area (Å²) in [7, 11) is 0. The van der Waals surface area contributed by atoms with Crippen molar-refractivity contribution in [2.24, 2.45) is 0 Å². The van der Waals surface area contributed by atoms with Crippen LogP contribution >= 0.6 is 0 Å². The van der Waals surface area contributed by atoms with Crippen molar-refractivity contribution in [3.63, 3.8) is 0 Å². The minimum absolute atomic E-state index is 0.0596. The molecule has 3 N–H and O–H groups in total. The molecule has 1 aliphatic heterocycles. The third-order valence-corrected chi connectivity index (χ3v) is 2.79. The predicted molar refractivity (Wildman–Crippen MR) is 71.2 cm³/mol. The molecule has 0 saturated carbocycles. The molecule has 0 unspecified atom stereocenters. The Bertz CT molecular complexity index is 295. The lowest BCUT2D eigenvalue weighted by molar-refractivity contribution is -0.139. The number of amides is 2. The fourth-order valence-electron chi connectivity index (χ4n) is 1.72. The van der Waals surface area contributed by atoms with Crippen LogP contribution in [0.3, 0.4) is 0 Å². The molecule has 1 rings (SSSR count). The van der Waals surface area contributed by atoms with Gasteiger partial charge in [0.25, 0.3) is 0 Å². The van der Waals surface area contributed by atoms with Gasteiger partial charge in [0, 0.05) is 32.7 Å². The normalized spacial score (nSPS) is 15.8. The molecule has 0 bridgehead atoms. The number of hydrogen-bond acceptors (Lipinski definition) is 6. The highest BCUT2D eigenvalue weighted by Crippen LogP contribution is 1.94. The molecule has 1 saturated heterocycles. The zero-order valence-electron chi connectivity index (χ0n) is 11.6. The fourth-order valence-corrected chi connectivity index (χ4v) is 1.72. The minimum Gasteiger partial charge on any atom is -0.394 e. The zero-order chi connectivity index (χ0) is 14.6. The number of hydrogen-bond donors (Lipinski definition) is 3. The summed E-state index contributed by atoms with van der Waals surface area (Å²) in [5.74, 6) is -1.31. The Labute approximate surface area is 118 Å². The molecule has 0 spiro atoms. The number of nitrogens with one attached hydrogen (secondary N) is 2. The van der Waals surface area contributed by atoms with Gasteiger partial charge in [0.15, 0.2) is 0 Å². The second kappa shape index (κ2) is 10.6. The Morgan fingerprint density at radius 1 is 1.10 bits per heavy atom. The lowest BCUT2D eigenvalue weighted by Crippen LogP contribution is -2.45. The van der Waals surface area contributed by atoms with Gasteiger partial charge < -0.3 is 25.2 Å². The highest BCUT2D eigenvalue weighted by atomic mass is 16.5. The third-order valence-electron chi connectivity index (χ3n) is 2.79. The summed E-state index contributed by atoms with van der Waals surface area (Å²) in [5.41, 5.74) is 0. The Morgan fingerprint density at radius 2 is 1.75 bits per heavy atom. The van der Waals surface area contributed by atoms with Gasteiger partial charge in [-0.3, -0.25) is 14.5 Å². The topological polar surface area (TPSA) is 100 Å². The van der Waals surface area contributed by atoms with Crippen molar-refractivity contribution in [3.8, 4) is 0 Å². The summed E-state index contributed by atoms with van der Waals surface area (Å²) in [6.07, 6.45) is 0. The van der Waals surface area contributed by atoms with Gasteiger partial charge in [-0.1, -0.05) is 0 Å². The largest absolute Gasteiger partial charge is 0.394 e. The average molecular weight is 289 g/mol. The number of morpholine rings is 1. The maximum absolute atomic E-state index is 11.5. The Hall–Kier alpha value is -1.22. The van der Waals surface area contributed by atoms with Crippen molar-refractivity contribution in [3.05, 3.63) is 0 Å². The van der Waals surface area contributed by atoms with Crippen molar-refractivity contribution in [2.75, 3.05) is 65.8 Å². The first-order chi connectivity index (χ1) is 9.74. The molecule has 20 heavy (non-hydrogen) atoms. The van der Waals surface area contributed by atoms with E-state index in [1.165, 1.54) is 0 Å². The number of nitrogens with zero attached hydrogens (tertiary/aromatic N) is 1. The standard InChI is InChI=1S/C12H23N3O5/c16-6-10-19-7-2-14-12(18)11(17)13-1-3-15-4-8-20-9-5-15/h16H,1-10H2,(H,13,17)(H,14,18). The monoisotopic (exact) mass is 289 g/mol. The van der Waals surface area contributed by atoms with Gasteiger partial charge >= 0.3 is 11.8 Å². The van der Waals surface area contributed by atoms with Crippen LogP contribution in [-0.2, 0) is 19.1 Å². The summed E-state index contributed by atoms with van der Waals surface area (Å²) in [4.78, 5) is 25.0. The Balaban J connectivity index is 2.01. The zero-order valence-corrected chi connectivity index (χ0v) is 11.6. The van der Waals surface area contributed by atoms with Gasteiger partial charge in [0.05, 0.1) is 33.0 Å². The van der Waals surface area contributed by atoms with E-state index in [2.05, 4.69) is 15.5 Å². The lowest BCUT2D eigenvalue weighted by atomic mass is 10.4. The minimum atomic E-state index is -0.667. The second-order valence-corrected chi connectivity index (χ2v) is 4.30. The summed E-state index contributed by atoms with van der Waals surface area (Å²) in [5, 5.41) is 13.5. The summed E-state index contributed by atoms with van der Waals surface area (Å²) in [6, 6.07) is 0. The van der Waals surface area contributed by atoms with Crippen LogP contribution in [0.4, 0.5) is 0 Å². The summed E-state index contributed by atoms with van der Waals surface area (Å²) >= 11 is 0. The number of carbonyl (C=O) groups excluding carboxylic acids is 2. The molecular weight excluding hydrogens is 266 g/mol. The van der Waals surface area contributed by atoms with Crippen molar-refractivity contribution in [1.29, 1.82) is 0 Å². The molecule has 2 amide bonds. The molecule has 8 nitrogen and oxygen atoms in total. The Morgan fingerprint density at radius 3 is 2.40 bits per heavy atom. The number of rotatable bonds is 8. The molecule has 0 aliphatic carbocycles. The highest BCUT2D eigenvalue weighted by molar-refractivity contribution is 6.35. The first-order valence-electron chi connectivity index (χ1n) is 6.78. The molecule has 0 radical (unpaired) electrons. The van der Waals surface area contributed by atoms with Crippen LogP contribution in [0, 0.1) is 0 Å². The molecule has 1 heterocycles. The molecule has 0 aromatic heterocycles. The van der Waals surface area contributed by atoms with Crippen LogP contribution < -0.4 is 10.6 Å².